The highest BCUT2D eigenvalue weighted by atomic mass is 16.5. The van der Waals surface area contributed by atoms with Crippen molar-refractivity contribution < 1.29 is 29.2 Å². The molecule has 6 nitrogen and oxygen atoms in total. The maximum Gasteiger partial charge on any atom is 0.200 e. The van der Waals surface area contributed by atoms with Crippen LogP contribution >= 0.6 is 0 Å². The lowest BCUT2D eigenvalue weighted by molar-refractivity contribution is 0.0996. The molecular weight excluding hydrogens is 312 g/mol. The van der Waals surface area contributed by atoms with Crippen molar-refractivity contribution in [2.24, 2.45) is 0 Å². The monoisotopic (exact) mass is 328 g/mol. The predicted octanol–water partition coefficient (Wildman–Crippen LogP) is 2.77. The summed E-state index contributed by atoms with van der Waals surface area (Å²) in [5.74, 6) is 0.168. The second-order valence-corrected chi connectivity index (χ2v) is 5.20. The number of carbonyl (C=O) groups excluding carboxylic acids is 1. The van der Waals surface area contributed by atoms with Gasteiger partial charge in [-0.1, -0.05) is 0 Å². The first-order valence-electron chi connectivity index (χ1n) is 7.20. The number of aromatic hydroxyl groups is 2. The number of phenolic OH excluding ortho intramolecular Hbond substituents is 2. The molecule has 0 atom stereocenters. The number of Topliss-reactive ketones (excluding diaryl/α,β-unsaturated/α-hetero) is 1. The summed E-state index contributed by atoms with van der Waals surface area (Å²) < 4.78 is 16.0. The molecule has 0 aromatic heterocycles. The van der Waals surface area contributed by atoms with E-state index in [1.54, 1.807) is 31.4 Å². The lowest BCUT2D eigenvalue weighted by Crippen LogP contribution is -2.19. The molecule has 1 aliphatic heterocycles. The van der Waals surface area contributed by atoms with Crippen LogP contribution in [0.25, 0.3) is 6.08 Å². The van der Waals surface area contributed by atoms with Gasteiger partial charge < -0.3 is 24.4 Å². The van der Waals surface area contributed by atoms with Crippen molar-refractivity contribution in [3.05, 3.63) is 47.0 Å². The normalized spacial score (nSPS) is 14.9. The second kappa shape index (κ2) is 6.16. The Morgan fingerprint density at radius 3 is 2.62 bits per heavy atom. The van der Waals surface area contributed by atoms with Gasteiger partial charge in [0.05, 0.1) is 14.2 Å². The molecule has 0 spiro atoms. The topological polar surface area (TPSA) is 85.2 Å². The van der Waals surface area contributed by atoms with Crippen LogP contribution in [0.1, 0.15) is 15.9 Å². The fourth-order valence-electron chi connectivity index (χ4n) is 2.53. The second-order valence-electron chi connectivity index (χ2n) is 5.20. The molecule has 3 rings (SSSR count). The summed E-state index contributed by atoms with van der Waals surface area (Å²) in [7, 11) is 3.08. The van der Waals surface area contributed by atoms with E-state index in [9.17, 15) is 15.0 Å². The van der Waals surface area contributed by atoms with Crippen LogP contribution in [0.15, 0.2) is 35.9 Å². The predicted molar refractivity (Wildman–Crippen MR) is 87.1 cm³/mol. The van der Waals surface area contributed by atoms with Crippen LogP contribution in [0.4, 0.5) is 0 Å². The van der Waals surface area contributed by atoms with E-state index in [0.29, 0.717) is 22.6 Å². The van der Waals surface area contributed by atoms with Gasteiger partial charge in [0.1, 0.15) is 29.4 Å². The van der Waals surface area contributed by atoms with Gasteiger partial charge in [-0.15, -0.1) is 0 Å². The SMILES string of the molecule is COc1ccc(OC)c(/C=C2\COc3ccc(O)c(O)c3C2=O)c1. The molecule has 0 bridgehead atoms. The zero-order valence-corrected chi connectivity index (χ0v) is 13.2. The Bertz CT molecular complexity index is 838. The van der Waals surface area contributed by atoms with Crippen molar-refractivity contribution >= 4 is 11.9 Å². The Balaban J connectivity index is 2.07. The van der Waals surface area contributed by atoms with Crippen LogP contribution in [0.5, 0.6) is 28.7 Å². The molecule has 1 aliphatic rings. The molecule has 0 saturated carbocycles. The third-order valence-electron chi connectivity index (χ3n) is 3.79. The smallest absolute Gasteiger partial charge is 0.200 e. The first-order chi connectivity index (χ1) is 11.5. The molecule has 2 N–H and O–H groups in total. The summed E-state index contributed by atoms with van der Waals surface area (Å²) in [6.07, 6.45) is 1.62. The number of ketones is 1. The molecule has 0 radical (unpaired) electrons. The van der Waals surface area contributed by atoms with Gasteiger partial charge in [-0.05, 0) is 36.4 Å². The Morgan fingerprint density at radius 2 is 1.92 bits per heavy atom. The van der Waals surface area contributed by atoms with Gasteiger partial charge in [-0.25, -0.2) is 0 Å². The molecule has 2 aromatic carbocycles. The number of methoxy groups -OCH3 is 2. The van der Waals surface area contributed by atoms with Gasteiger partial charge in [-0.2, -0.15) is 0 Å². The van der Waals surface area contributed by atoms with Crippen molar-refractivity contribution in [1.82, 2.24) is 0 Å². The van der Waals surface area contributed by atoms with Gasteiger partial charge in [-0.3, -0.25) is 4.79 Å². The zero-order chi connectivity index (χ0) is 17.3. The molecule has 0 fully saturated rings. The number of phenols is 2. The van der Waals surface area contributed by atoms with E-state index in [0.717, 1.165) is 0 Å². The molecule has 0 amide bonds. The van der Waals surface area contributed by atoms with E-state index < -0.39 is 11.5 Å². The van der Waals surface area contributed by atoms with Gasteiger partial charge in [0.15, 0.2) is 17.3 Å². The highest BCUT2D eigenvalue weighted by Gasteiger charge is 2.28. The largest absolute Gasteiger partial charge is 0.504 e. The zero-order valence-electron chi connectivity index (χ0n) is 13.2. The molecular formula is C18H16O6. The van der Waals surface area contributed by atoms with Crippen molar-refractivity contribution in [2.45, 2.75) is 0 Å². The number of hydrogen-bond donors (Lipinski definition) is 2. The lowest BCUT2D eigenvalue weighted by atomic mass is 9.97. The molecule has 1 heterocycles. The van der Waals surface area contributed by atoms with E-state index in [1.807, 2.05) is 0 Å². The van der Waals surface area contributed by atoms with E-state index in [1.165, 1.54) is 19.2 Å². The van der Waals surface area contributed by atoms with Gasteiger partial charge >= 0.3 is 0 Å². The summed E-state index contributed by atoms with van der Waals surface area (Å²) in [4.78, 5) is 12.7. The van der Waals surface area contributed by atoms with E-state index in [-0.39, 0.29) is 23.7 Å². The van der Waals surface area contributed by atoms with Gasteiger partial charge in [0, 0.05) is 11.1 Å². The average Bonchev–Trinajstić information content (AvgIpc) is 2.60. The van der Waals surface area contributed by atoms with Gasteiger partial charge in [0.2, 0.25) is 0 Å². The maximum atomic E-state index is 12.7. The summed E-state index contributed by atoms with van der Waals surface area (Å²) in [6, 6.07) is 7.94. The van der Waals surface area contributed by atoms with E-state index >= 15 is 0 Å². The third-order valence-corrected chi connectivity index (χ3v) is 3.79. The Hall–Kier alpha value is -3.15. The number of benzene rings is 2. The minimum atomic E-state index is -0.485. The van der Waals surface area contributed by atoms with Crippen LogP contribution in [0, 0.1) is 0 Å². The molecule has 124 valence electrons. The maximum absolute atomic E-state index is 12.7. The average molecular weight is 328 g/mol. The number of ether oxygens (including phenoxy) is 3. The van der Waals surface area contributed by atoms with Crippen molar-refractivity contribution in [3.8, 4) is 28.7 Å². The standard InChI is InChI=1S/C18H16O6/c1-22-12-3-5-14(23-2)10(8-12)7-11-9-24-15-6-4-13(19)18(21)16(15)17(11)20/h3-8,19,21H,9H2,1-2H3/b11-7+. The Kier molecular flexibility index (Phi) is 4.04. The van der Waals surface area contributed by atoms with E-state index in [4.69, 9.17) is 14.2 Å². The molecule has 2 aromatic rings. The van der Waals surface area contributed by atoms with Crippen molar-refractivity contribution in [3.63, 3.8) is 0 Å². The quantitative estimate of drug-likeness (QED) is 0.666. The van der Waals surface area contributed by atoms with Crippen LogP contribution < -0.4 is 14.2 Å². The number of carbonyl (C=O) groups is 1. The summed E-state index contributed by atoms with van der Waals surface area (Å²) in [5.41, 5.74) is 0.927. The van der Waals surface area contributed by atoms with Crippen molar-refractivity contribution in [2.75, 3.05) is 20.8 Å². The number of fused-ring (bicyclic) bond motifs is 1. The highest BCUT2D eigenvalue weighted by Crippen LogP contribution is 2.40. The molecule has 0 aliphatic carbocycles. The summed E-state index contributed by atoms with van der Waals surface area (Å²) >= 11 is 0. The molecule has 0 saturated heterocycles. The first-order valence-corrected chi connectivity index (χ1v) is 7.20. The fraction of sp³-hybridized carbons (Fsp3) is 0.167. The first kappa shape index (κ1) is 15.7. The Morgan fingerprint density at radius 1 is 1.12 bits per heavy atom. The summed E-state index contributed by atoms with van der Waals surface area (Å²) in [5, 5.41) is 19.6. The number of rotatable bonds is 3. The van der Waals surface area contributed by atoms with Gasteiger partial charge in [0.25, 0.3) is 0 Å². The van der Waals surface area contributed by atoms with Crippen LogP contribution in [-0.2, 0) is 0 Å². The van der Waals surface area contributed by atoms with E-state index in [2.05, 4.69) is 0 Å². The van der Waals surface area contributed by atoms with Crippen LogP contribution in [0.2, 0.25) is 0 Å². The van der Waals surface area contributed by atoms with Crippen molar-refractivity contribution in [1.29, 1.82) is 0 Å². The molecule has 6 heteroatoms. The fourth-order valence-corrected chi connectivity index (χ4v) is 2.53. The Labute approximate surface area is 138 Å². The number of hydrogen-bond acceptors (Lipinski definition) is 6. The lowest BCUT2D eigenvalue weighted by Gasteiger charge is -2.20. The minimum Gasteiger partial charge on any atom is -0.504 e. The van der Waals surface area contributed by atoms with Crippen LogP contribution in [-0.4, -0.2) is 36.8 Å². The third kappa shape index (κ3) is 2.62. The molecule has 24 heavy (non-hydrogen) atoms. The highest BCUT2D eigenvalue weighted by molar-refractivity contribution is 6.16. The van der Waals surface area contributed by atoms with Crippen LogP contribution in [0.3, 0.4) is 0 Å². The minimum absolute atomic E-state index is 0.0469. The molecule has 0 unspecified atom stereocenters. The summed E-state index contributed by atoms with van der Waals surface area (Å²) in [6.45, 7) is 0.0520.